The van der Waals surface area contributed by atoms with Crippen LogP contribution in [0, 0.1) is 5.92 Å². The summed E-state index contributed by atoms with van der Waals surface area (Å²) in [5, 5.41) is 11.9. The summed E-state index contributed by atoms with van der Waals surface area (Å²) >= 11 is 0. The Balaban J connectivity index is 1.72. The van der Waals surface area contributed by atoms with E-state index in [0.29, 0.717) is 19.4 Å². The molecule has 1 aliphatic carbocycles. The van der Waals surface area contributed by atoms with Crippen LogP contribution in [-0.2, 0) is 14.3 Å². The molecule has 1 unspecified atom stereocenters. The SMILES string of the molecule is O=C(CCCC1CCCC1)NC1(C(=O)O)CCOC1. The zero-order valence-electron chi connectivity index (χ0n) is 11.3. The van der Waals surface area contributed by atoms with Gasteiger partial charge in [-0.1, -0.05) is 25.7 Å². The summed E-state index contributed by atoms with van der Waals surface area (Å²) < 4.78 is 5.11. The van der Waals surface area contributed by atoms with Crippen LogP contribution in [0.1, 0.15) is 51.4 Å². The lowest BCUT2D eigenvalue weighted by atomic mass is 9.97. The van der Waals surface area contributed by atoms with Crippen molar-refractivity contribution in [1.82, 2.24) is 5.32 Å². The van der Waals surface area contributed by atoms with Crippen LogP contribution in [0.15, 0.2) is 0 Å². The van der Waals surface area contributed by atoms with Crippen LogP contribution in [0.2, 0.25) is 0 Å². The molecule has 0 aromatic carbocycles. The van der Waals surface area contributed by atoms with Crippen molar-refractivity contribution in [3.05, 3.63) is 0 Å². The number of carboxylic acid groups (broad SMARTS) is 1. The van der Waals surface area contributed by atoms with Crippen LogP contribution in [0.5, 0.6) is 0 Å². The standard InChI is InChI=1S/C14H23NO4/c16-12(7-3-6-11-4-1-2-5-11)15-14(13(17)18)8-9-19-10-14/h11H,1-10H2,(H,15,16)(H,17,18). The van der Waals surface area contributed by atoms with E-state index in [1.165, 1.54) is 25.7 Å². The summed E-state index contributed by atoms with van der Waals surface area (Å²) in [5.74, 6) is -0.379. The minimum atomic E-state index is -1.19. The summed E-state index contributed by atoms with van der Waals surface area (Å²) in [6.45, 7) is 0.478. The topological polar surface area (TPSA) is 75.6 Å². The van der Waals surface area contributed by atoms with Gasteiger partial charge in [-0.3, -0.25) is 4.79 Å². The molecule has 5 heteroatoms. The first-order valence-electron chi connectivity index (χ1n) is 7.24. The van der Waals surface area contributed by atoms with Crippen LogP contribution in [-0.4, -0.2) is 35.7 Å². The first-order chi connectivity index (χ1) is 9.12. The third-order valence-electron chi connectivity index (χ3n) is 4.30. The van der Waals surface area contributed by atoms with Gasteiger partial charge in [0.1, 0.15) is 0 Å². The van der Waals surface area contributed by atoms with E-state index in [-0.39, 0.29) is 12.5 Å². The molecule has 2 N–H and O–H groups in total. The quantitative estimate of drug-likeness (QED) is 0.769. The maximum absolute atomic E-state index is 11.9. The Morgan fingerprint density at radius 3 is 2.63 bits per heavy atom. The van der Waals surface area contributed by atoms with Gasteiger partial charge >= 0.3 is 5.97 Å². The zero-order valence-corrected chi connectivity index (χ0v) is 11.3. The Morgan fingerprint density at radius 1 is 1.32 bits per heavy atom. The van der Waals surface area contributed by atoms with Gasteiger partial charge < -0.3 is 15.2 Å². The Kier molecular flexibility index (Phi) is 4.80. The highest BCUT2D eigenvalue weighted by Gasteiger charge is 2.43. The number of carbonyl (C=O) groups is 2. The predicted molar refractivity (Wildman–Crippen MR) is 69.8 cm³/mol. The van der Waals surface area contributed by atoms with Crippen molar-refractivity contribution in [2.45, 2.75) is 56.9 Å². The van der Waals surface area contributed by atoms with Crippen molar-refractivity contribution >= 4 is 11.9 Å². The molecule has 2 aliphatic rings. The van der Waals surface area contributed by atoms with Crippen molar-refractivity contribution in [2.24, 2.45) is 5.92 Å². The Hall–Kier alpha value is -1.10. The van der Waals surface area contributed by atoms with E-state index in [0.717, 1.165) is 18.8 Å². The molecule has 0 radical (unpaired) electrons. The van der Waals surface area contributed by atoms with Gasteiger partial charge in [0, 0.05) is 19.4 Å². The molecular formula is C14H23NO4. The number of hydrogen-bond donors (Lipinski definition) is 2. The van der Waals surface area contributed by atoms with E-state index in [2.05, 4.69) is 5.32 Å². The second-order valence-electron chi connectivity index (χ2n) is 5.78. The normalized spacial score (nSPS) is 27.6. The molecular weight excluding hydrogens is 246 g/mol. The fourth-order valence-corrected chi connectivity index (χ4v) is 3.07. The molecule has 1 atom stereocenters. The van der Waals surface area contributed by atoms with Crippen LogP contribution < -0.4 is 5.32 Å². The van der Waals surface area contributed by atoms with Crippen molar-refractivity contribution in [3.8, 4) is 0 Å². The molecule has 0 aromatic heterocycles. The lowest BCUT2D eigenvalue weighted by molar-refractivity contribution is -0.147. The van der Waals surface area contributed by atoms with E-state index in [9.17, 15) is 14.7 Å². The summed E-state index contributed by atoms with van der Waals surface area (Å²) in [5.41, 5.74) is -1.19. The summed E-state index contributed by atoms with van der Waals surface area (Å²) in [4.78, 5) is 23.1. The molecule has 0 aromatic rings. The molecule has 1 heterocycles. The first-order valence-corrected chi connectivity index (χ1v) is 7.24. The molecule has 0 spiro atoms. The van der Waals surface area contributed by atoms with Crippen LogP contribution in [0.25, 0.3) is 0 Å². The fraction of sp³-hybridized carbons (Fsp3) is 0.857. The number of amides is 1. The van der Waals surface area contributed by atoms with Crippen LogP contribution >= 0.6 is 0 Å². The molecule has 0 bridgehead atoms. The number of ether oxygens (including phenoxy) is 1. The minimum Gasteiger partial charge on any atom is -0.479 e. The summed E-state index contributed by atoms with van der Waals surface area (Å²) in [6.07, 6.45) is 7.93. The monoisotopic (exact) mass is 269 g/mol. The Labute approximate surface area is 113 Å². The van der Waals surface area contributed by atoms with Crippen LogP contribution in [0.3, 0.4) is 0 Å². The van der Waals surface area contributed by atoms with E-state index in [1.54, 1.807) is 0 Å². The second kappa shape index (κ2) is 6.37. The molecule has 1 aliphatic heterocycles. The van der Waals surface area contributed by atoms with Gasteiger partial charge in [0.05, 0.1) is 6.61 Å². The second-order valence-corrected chi connectivity index (χ2v) is 5.78. The highest BCUT2D eigenvalue weighted by atomic mass is 16.5. The minimum absolute atomic E-state index is 0.0801. The van der Waals surface area contributed by atoms with Crippen LogP contribution in [0.4, 0.5) is 0 Å². The zero-order chi connectivity index (χ0) is 13.7. The summed E-state index contributed by atoms with van der Waals surface area (Å²) in [7, 11) is 0. The average Bonchev–Trinajstić information content (AvgIpc) is 3.00. The smallest absolute Gasteiger partial charge is 0.331 e. The van der Waals surface area contributed by atoms with Gasteiger partial charge in [-0.15, -0.1) is 0 Å². The lowest BCUT2D eigenvalue weighted by Gasteiger charge is -2.23. The van der Waals surface area contributed by atoms with Gasteiger partial charge in [0.25, 0.3) is 0 Å². The van der Waals surface area contributed by atoms with Gasteiger partial charge in [0.2, 0.25) is 5.91 Å². The van der Waals surface area contributed by atoms with E-state index in [1.807, 2.05) is 0 Å². The number of rotatable bonds is 6. The maximum atomic E-state index is 11.9. The maximum Gasteiger partial charge on any atom is 0.331 e. The molecule has 5 nitrogen and oxygen atoms in total. The van der Waals surface area contributed by atoms with Gasteiger partial charge in [-0.2, -0.15) is 0 Å². The van der Waals surface area contributed by atoms with Crippen molar-refractivity contribution in [2.75, 3.05) is 13.2 Å². The highest BCUT2D eigenvalue weighted by molar-refractivity contribution is 5.87. The molecule has 2 rings (SSSR count). The molecule has 1 saturated carbocycles. The van der Waals surface area contributed by atoms with E-state index >= 15 is 0 Å². The first kappa shape index (κ1) is 14.3. The third-order valence-corrected chi connectivity index (χ3v) is 4.30. The molecule has 19 heavy (non-hydrogen) atoms. The average molecular weight is 269 g/mol. The predicted octanol–water partition coefficient (Wildman–Crippen LogP) is 1.71. The van der Waals surface area contributed by atoms with E-state index in [4.69, 9.17) is 4.74 Å². The third kappa shape index (κ3) is 3.69. The van der Waals surface area contributed by atoms with E-state index < -0.39 is 11.5 Å². The number of aliphatic carboxylic acids is 1. The molecule has 1 amide bonds. The van der Waals surface area contributed by atoms with Crippen molar-refractivity contribution < 1.29 is 19.4 Å². The highest BCUT2D eigenvalue weighted by Crippen LogP contribution is 2.29. The Bertz CT molecular complexity index is 330. The molecule has 2 fully saturated rings. The van der Waals surface area contributed by atoms with Gasteiger partial charge in [-0.05, 0) is 18.8 Å². The number of hydrogen-bond acceptors (Lipinski definition) is 3. The number of nitrogens with one attached hydrogen (secondary N) is 1. The summed E-state index contributed by atoms with van der Waals surface area (Å²) in [6, 6.07) is 0. The Morgan fingerprint density at radius 2 is 2.05 bits per heavy atom. The number of carbonyl (C=O) groups excluding carboxylic acids is 1. The van der Waals surface area contributed by atoms with Crippen molar-refractivity contribution in [1.29, 1.82) is 0 Å². The fourth-order valence-electron chi connectivity index (χ4n) is 3.07. The largest absolute Gasteiger partial charge is 0.479 e. The molecule has 1 saturated heterocycles. The number of carboxylic acids is 1. The van der Waals surface area contributed by atoms with Crippen molar-refractivity contribution in [3.63, 3.8) is 0 Å². The lowest BCUT2D eigenvalue weighted by Crippen LogP contribution is -2.55. The molecule has 108 valence electrons. The van der Waals surface area contributed by atoms with Gasteiger partial charge in [-0.25, -0.2) is 4.79 Å². The van der Waals surface area contributed by atoms with Gasteiger partial charge in [0.15, 0.2) is 5.54 Å².